The molecule has 1 aliphatic rings. The Morgan fingerprint density at radius 1 is 1.33 bits per heavy atom. The van der Waals surface area contributed by atoms with Gasteiger partial charge in [-0.15, -0.1) is 11.3 Å². The molecule has 0 unspecified atom stereocenters. The summed E-state index contributed by atoms with van der Waals surface area (Å²) in [5.41, 5.74) is 8.13. The minimum Gasteiger partial charge on any atom is -0.339 e. The number of piperidine rings is 1. The van der Waals surface area contributed by atoms with E-state index in [9.17, 15) is 9.59 Å². The summed E-state index contributed by atoms with van der Waals surface area (Å²) in [5.74, 6) is 0.500. The number of anilines is 1. The van der Waals surface area contributed by atoms with Crippen LogP contribution < -0.4 is 11.1 Å². The lowest BCUT2D eigenvalue weighted by atomic mass is 9.98. The molecule has 1 aromatic carbocycles. The summed E-state index contributed by atoms with van der Waals surface area (Å²) >= 11 is 1.44. The number of likely N-dealkylation sites (tertiary alicyclic amines) is 1. The molecular weight excluding hydrogens is 360 g/mol. The zero-order chi connectivity index (χ0) is 19.4. The van der Waals surface area contributed by atoms with Crippen LogP contribution in [0.4, 0.5) is 5.69 Å². The SMILES string of the molecule is Cc1cc(C(=O)N2CCC(C)CC2)ccc1NC(=O)c1csc(CCN)n1. The van der Waals surface area contributed by atoms with Gasteiger partial charge >= 0.3 is 0 Å². The molecule has 0 spiro atoms. The average Bonchev–Trinajstić information content (AvgIpc) is 3.12. The maximum absolute atomic E-state index is 12.7. The molecule has 1 saturated heterocycles. The van der Waals surface area contributed by atoms with Crippen molar-refractivity contribution in [3.8, 4) is 0 Å². The third-order valence-corrected chi connectivity index (χ3v) is 5.84. The molecular formula is C20H26N4O2S. The van der Waals surface area contributed by atoms with Crippen molar-refractivity contribution in [2.75, 3.05) is 25.0 Å². The van der Waals surface area contributed by atoms with Crippen LogP contribution in [-0.2, 0) is 6.42 Å². The molecule has 0 aliphatic carbocycles. The van der Waals surface area contributed by atoms with Gasteiger partial charge in [0.15, 0.2) is 0 Å². The largest absolute Gasteiger partial charge is 0.339 e. The van der Waals surface area contributed by atoms with Crippen LogP contribution in [0.3, 0.4) is 0 Å². The van der Waals surface area contributed by atoms with Gasteiger partial charge in [-0.2, -0.15) is 0 Å². The van der Waals surface area contributed by atoms with E-state index in [0.29, 0.717) is 35.8 Å². The summed E-state index contributed by atoms with van der Waals surface area (Å²) in [6.45, 7) is 6.26. The van der Waals surface area contributed by atoms with Crippen molar-refractivity contribution in [2.45, 2.75) is 33.1 Å². The van der Waals surface area contributed by atoms with Crippen LogP contribution in [0.2, 0.25) is 0 Å². The second-order valence-electron chi connectivity index (χ2n) is 7.12. The maximum atomic E-state index is 12.7. The Hall–Kier alpha value is -2.25. The second-order valence-corrected chi connectivity index (χ2v) is 8.07. The third-order valence-electron chi connectivity index (χ3n) is 4.93. The van der Waals surface area contributed by atoms with E-state index in [4.69, 9.17) is 5.73 Å². The summed E-state index contributed by atoms with van der Waals surface area (Å²) in [7, 11) is 0. The second kappa shape index (κ2) is 8.63. The molecule has 0 bridgehead atoms. The Balaban J connectivity index is 1.67. The van der Waals surface area contributed by atoms with Crippen LogP contribution >= 0.6 is 11.3 Å². The molecule has 6 nitrogen and oxygen atoms in total. The summed E-state index contributed by atoms with van der Waals surface area (Å²) < 4.78 is 0. The quantitative estimate of drug-likeness (QED) is 0.826. The lowest BCUT2D eigenvalue weighted by molar-refractivity contribution is 0.0697. The van der Waals surface area contributed by atoms with Gasteiger partial charge in [-0.3, -0.25) is 9.59 Å². The Kier molecular flexibility index (Phi) is 6.23. The van der Waals surface area contributed by atoms with Crippen molar-refractivity contribution < 1.29 is 9.59 Å². The molecule has 2 amide bonds. The molecule has 0 saturated carbocycles. The predicted octanol–water partition coefficient (Wildman–Crippen LogP) is 3.08. The third kappa shape index (κ3) is 4.73. The van der Waals surface area contributed by atoms with Crippen LogP contribution in [0.5, 0.6) is 0 Å². The molecule has 0 atom stereocenters. The fourth-order valence-electron chi connectivity index (χ4n) is 3.17. The first-order chi connectivity index (χ1) is 13.0. The number of carbonyl (C=O) groups is 2. The molecule has 2 aromatic rings. The number of benzene rings is 1. The normalized spacial score (nSPS) is 15.0. The Labute approximate surface area is 163 Å². The topological polar surface area (TPSA) is 88.3 Å². The van der Waals surface area contributed by atoms with Gasteiger partial charge in [0.1, 0.15) is 5.69 Å². The maximum Gasteiger partial charge on any atom is 0.275 e. The van der Waals surface area contributed by atoms with Gasteiger partial charge in [0.2, 0.25) is 0 Å². The summed E-state index contributed by atoms with van der Waals surface area (Å²) in [6, 6.07) is 5.42. The number of hydrogen-bond donors (Lipinski definition) is 2. The van der Waals surface area contributed by atoms with Crippen LogP contribution in [0.1, 0.15) is 51.2 Å². The summed E-state index contributed by atoms with van der Waals surface area (Å²) in [6.07, 6.45) is 2.78. The van der Waals surface area contributed by atoms with E-state index in [1.54, 1.807) is 17.5 Å². The molecule has 1 fully saturated rings. The Bertz CT molecular complexity index is 825. The van der Waals surface area contributed by atoms with Gasteiger partial charge in [-0.05, 0) is 56.0 Å². The monoisotopic (exact) mass is 386 g/mol. The standard InChI is InChI=1S/C20H26N4O2S/c1-13-6-9-24(10-7-13)20(26)15-3-4-16(14(2)11-15)23-19(25)17-12-27-18(22-17)5-8-21/h3-4,11-13H,5-10,21H2,1-2H3,(H,23,25). The van der Waals surface area contributed by atoms with Crippen LogP contribution in [-0.4, -0.2) is 41.3 Å². The first-order valence-electron chi connectivity index (χ1n) is 9.33. The predicted molar refractivity (Wildman–Crippen MR) is 108 cm³/mol. The van der Waals surface area contributed by atoms with E-state index in [2.05, 4.69) is 17.2 Å². The lowest BCUT2D eigenvalue weighted by Gasteiger charge is -2.30. The van der Waals surface area contributed by atoms with Gasteiger partial charge in [-0.1, -0.05) is 6.92 Å². The fraction of sp³-hybridized carbons (Fsp3) is 0.450. The molecule has 27 heavy (non-hydrogen) atoms. The molecule has 1 aliphatic heterocycles. The molecule has 144 valence electrons. The van der Waals surface area contributed by atoms with Gasteiger partial charge in [-0.25, -0.2) is 4.98 Å². The first kappa shape index (κ1) is 19.5. The van der Waals surface area contributed by atoms with E-state index in [1.807, 2.05) is 17.9 Å². The summed E-state index contributed by atoms with van der Waals surface area (Å²) in [5, 5.41) is 5.48. The minimum absolute atomic E-state index is 0.0637. The van der Waals surface area contributed by atoms with Crippen LogP contribution in [0.25, 0.3) is 0 Å². The summed E-state index contributed by atoms with van der Waals surface area (Å²) in [4.78, 5) is 31.3. The zero-order valence-corrected chi connectivity index (χ0v) is 16.6. The molecule has 7 heteroatoms. The van der Waals surface area contributed by atoms with Gasteiger partial charge < -0.3 is 16.0 Å². The van der Waals surface area contributed by atoms with E-state index < -0.39 is 0 Å². The number of nitrogens with one attached hydrogen (secondary N) is 1. The number of nitrogens with zero attached hydrogens (tertiary/aromatic N) is 2. The van der Waals surface area contributed by atoms with Crippen molar-refractivity contribution in [3.63, 3.8) is 0 Å². The lowest BCUT2D eigenvalue weighted by Crippen LogP contribution is -2.37. The van der Waals surface area contributed by atoms with E-state index in [1.165, 1.54) is 11.3 Å². The van der Waals surface area contributed by atoms with Crippen molar-refractivity contribution >= 4 is 28.8 Å². The molecule has 3 rings (SSSR count). The van der Waals surface area contributed by atoms with E-state index in [-0.39, 0.29) is 11.8 Å². The van der Waals surface area contributed by atoms with Gasteiger partial charge in [0.05, 0.1) is 5.01 Å². The zero-order valence-electron chi connectivity index (χ0n) is 15.8. The molecule has 2 heterocycles. The van der Waals surface area contributed by atoms with Crippen molar-refractivity contribution in [2.24, 2.45) is 11.7 Å². The van der Waals surface area contributed by atoms with Gasteiger partial charge in [0, 0.05) is 36.1 Å². The number of carbonyl (C=O) groups excluding carboxylic acids is 2. The molecule has 3 N–H and O–H groups in total. The Morgan fingerprint density at radius 2 is 2.07 bits per heavy atom. The fourth-order valence-corrected chi connectivity index (χ4v) is 3.97. The van der Waals surface area contributed by atoms with E-state index >= 15 is 0 Å². The highest BCUT2D eigenvalue weighted by Crippen LogP contribution is 2.22. The van der Waals surface area contributed by atoms with Crippen molar-refractivity contribution in [3.05, 3.63) is 45.4 Å². The molecule has 1 aromatic heterocycles. The van der Waals surface area contributed by atoms with Crippen LogP contribution in [0, 0.1) is 12.8 Å². The highest BCUT2D eigenvalue weighted by Gasteiger charge is 2.22. The highest BCUT2D eigenvalue weighted by atomic mass is 32.1. The average molecular weight is 387 g/mol. The highest BCUT2D eigenvalue weighted by molar-refractivity contribution is 7.09. The number of rotatable bonds is 5. The smallest absolute Gasteiger partial charge is 0.275 e. The van der Waals surface area contributed by atoms with E-state index in [0.717, 1.165) is 36.5 Å². The molecule has 0 radical (unpaired) electrons. The number of thiazole rings is 1. The number of hydrogen-bond acceptors (Lipinski definition) is 5. The van der Waals surface area contributed by atoms with Crippen LogP contribution in [0.15, 0.2) is 23.6 Å². The minimum atomic E-state index is -0.248. The number of aromatic nitrogens is 1. The number of aryl methyl sites for hydroxylation is 1. The number of nitrogens with two attached hydrogens (primary N) is 1. The van der Waals surface area contributed by atoms with Crippen molar-refractivity contribution in [1.29, 1.82) is 0 Å². The Morgan fingerprint density at radius 3 is 2.74 bits per heavy atom. The number of amides is 2. The first-order valence-corrected chi connectivity index (χ1v) is 10.2. The van der Waals surface area contributed by atoms with Crippen molar-refractivity contribution in [1.82, 2.24) is 9.88 Å². The van der Waals surface area contributed by atoms with Gasteiger partial charge in [0.25, 0.3) is 11.8 Å².